The van der Waals surface area contributed by atoms with E-state index in [9.17, 15) is 19.4 Å². The van der Waals surface area contributed by atoms with Crippen LogP contribution in [0.25, 0.3) is 0 Å². The number of hydrogen-bond acceptors (Lipinski definition) is 7. The van der Waals surface area contributed by atoms with Gasteiger partial charge in [-0.25, -0.2) is 4.39 Å². The first-order valence-corrected chi connectivity index (χ1v) is 14.2. The number of carbonyl (C=O) groups excluding carboxylic acids is 1. The van der Waals surface area contributed by atoms with Crippen molar-refractivity contribution >= 4 is 5.91 Å². The predicted octanol–water partition coefficient (Wildman–Crippen LogP) is 2.96. The summed E-state index contributed by atoms with van der Waals surface area (Å²) in [7, 11) is 0. The van der Waals surface area contributed by atoms with E-state index in [1.807, 2.05) is 0 Å². The Morgan fingerprint density at radius 3 is 2.58 bits per heavy atom. The van der Waals surface area contributed by atoms with Gasteiger partial charge in [0.2, 0.25) is 0 Å². The molecule has 0 radical (unpaired) electrons. The average Bonchev–Trinajstić information content (AvgIpc) is 2.91. The van der Waals surface area contributed by atoms with Crippen molar-refractivity contribution in [2.45, 2.75) is 64.3 Å². The molecule has 2 fully saturated rings. The molecule has 2 aliphatic heterocycles. The van der Waals surface area contributed by atoms with Gasteiger partial charge in [-0.2, -0.15) is 0 Å². The third kappa shape index (κ3) is 10.2. The van der Waals surface area contributed by atoms with Gasteiger partial charge in [0.15, 0.2) is 0 Å². The Morgan fingerprint density at radius 1 is 1.08 bits per heavy atom. The molecule has 38 heavy (non-hydrogen) atoms. The van der Waals surface area contributed by atoms with E-state index < -0.39 is 30.0 Å². The first-order valence-electron chi connectivity index (χ1n) is 14.2. The molecule has 1 aromatic carbocycles. The number of halogens is 1. The largest absolute Gasteiger partial charge is 0.388 e. The maximum absolute atomic E-state index is 14.6. The Balaban J connectivity index is 1.82. The highest BCUT2D eigenvalue weighted by atomic mass is 19.1. The Labute approximate surface area is 227 Å². The van der Waals surface area contributed by atoms with Gasteiger partial charge < -0.3 is 34.2 Å². The van der Waals surface area contributed by atoms with Gasteiger partial charge in [0, 0.05) is 52.6 Å². The van der Waals surface area contributed by atoms with Crippen LogP contribution in [-0.2, 0) is 14.2 Å². The standard InChI is InChI=1S/C29H47FN2O6/c1-22(2)9-18-38-27-20-32(29(35)24-7-3-4-8-25(24)30)14-13-31(19-23-10-16-36-17-11-23)12-5-6-15-37-21-26(33)28(27)34/h3-4,7-8,22-23,26-28,33-34H,5-6,9-21H2,1-2H3/t26-,27-,28-/m1/s1. The number of aliphatic hydroxyl groups is 2. The molecule has 2 N–H and O–H groups in total. The van der Waals surface area contributed by atoms with Crippen LogP contribution in [0.4, 0.5) is 4.39 Å². The molecule has 2 aliphatic rings. The number of amides is 1. The molecule has 2 heterocycles. The highest BCUT2D eigenvalue weighted by Gasteiger charge is 2.32. The van der Waals surface area contributed by atoms with E-state index in [4.69, 9.17) is 14.2 Å². The van der Waals surface area contributed by atoms with Crippen LogP contribution in [-0.4, -0.2) is 110 Å². The summed E-state index contributed by atoms with van der Waals surface area (Å²) in [5.74, 6) is -0.0914. The molecule has 1 amide bonds. The maximum atomic E-state index is 14.6. The third-order valence-electron chi connectivity index (χ3n) is 7.44. The van der Waals surface area contributed by atoms with Crippen LogP contribution in [0.15, 0.2) is 24.3 Å². The molecule has 216 valence electrons. The number of nitrogens with zero attached hydrogens (tertiary/aromatic N) is 2. The van der Waals surface area contributed by atoms with Gasteiger partial charge in [-0.1, -0.05) is 26.0 Å². The van der Waals surface area contributed by atoms with E-state index in [0.29, 0.717) is 38.1 Å². The van der Waals surface area contributed by atoms with E-state index in [0.717, 1.165) is 58.4 Å². The summed E-state index contributed by atoms with van der Waals surface area (Å²) in [5.41, 5.74) is -0.0103. The highest BCUT2D eigenvalue weighted by Crippen LogP contribution is 2.19. The van der Waals surface area contributed by atoms with Crippen molar-refractivity contribution < 1.29 is 33.6 Å². The van der Waals surface area contributed by atoms with Crippen molar-refractivity contribution in [1.82, 2.24) is 9.80 Å². The van der Waals surface area contributed by atoms with Crippen molar-refractivity contribution in [3.05, 3.63) is 35.6 Å². The van der Waals surface area contributed by atoms with E-state index in [1.165, 1.54) is 12.1 Å². The topological polar surface area (TPSA) is 91.7 Å². The van der Waals surface area contributed by atoms with Crippen LogP contribution in [0.3, 0.4) is 0 Å². The minimum atomic E-state index is -1.25. The molecule has 0 aromatic heterocycles. The lowest BCUT2D eigenvalue weighted by molar-refractivity contribution is -0.116. The van der Waals surface area contributed by atoms with Crippen LogP contribution >= 0.6 is 0 Å². The lowest BCUT2D eigenvalue weighted by atomic mass is 9.99. The monoisotopic (exact) mass is 538 g/mol. The molecule has 1 aromatic rings. The molecule has 3 rings (SSSR count). The summed E-state index contributed by atoms with van der Waals surface area (Å²) >= 11 is 0. The molecule has 0 aliphatic carbocycles. The van der Waals surface area contributed by atoms with Gasteiger partial charge in [-0.15, -0.1) is 0 Å². The number of benzene rings is 1. The van der Waals surface area contributed by atoms with E-state index in [2.05, 4.69) is 18.7 Å². The van der Waals surface area contributed by atoms with Crippen molar-refractivity contribution in [1.29, 1.82) is 0 Å². The zero-order valence-corrected chi connectivity index (χ0v) is 23.1. The van der Waals surface area contributed by atoms with E-state index >= 15 is 0 Å². The predicted molar refractivity (Wildman–Crippen MR) is 144 cm³/mol. The van der Waals surface area contributed by atoms with Crippen molar-refractivity contribution in [2.75, 3.05) is 65.8 Å². The number of hydrogen-bond donors (Lipinski definition) is 2. The molecule has 0 spiro atoms. The quantitative estimate of drug-likeness (QED) is 0.552. The Morgan fingerprint density at radius 2 is 1.84 bits per heavy atom. The number of carbonyl (C=O) groups is 1. The summed E-state index contributed by atoms with van der Waals surface area (Å²) in [4.78, 5) is 17.5. The smallest absolute Gasteiger partial charge is 0.256 e. The molecule has 3 atom stereocenters. The van der Waals surface area contributed by atoms with Crippen LogP contribution in [0.5, 0.6) is 0 Å². The summed E-state index contributed by atoms with van der Waals surface area (Å²) < 4.78 is 31.9. The van der Waals surface area contributed by atoms with Gasteiger partial charge in [-0.3, -0.25) is 4.79 Å². The lowest BCUT2D eigenvalue weighted by Gasteiger charge is -2.35. The summed E-state index contributed by atoms with van der Waals surface area (Å²) in [5, 5.41) is 21.7. The summed E-state index contributed by atoms with van der Waals surface area (Å²) in [6.45, 7) is 9.38. The summed E-state index contributed by atoms with van der Waals surface area (Å²) in [6, 6.07) is 5.96. The van der Waals surface area contributed by atoms with Crippen LogP contribution < -0.4 is 0 Å². The Hall–Kier alpha value is -1.62. The van der Waals surface area contributed by atoms with Crippen LogP contribution in [0.2, 0.25) is 0 Å². The molecule has 0 saturated carbocycles. The summed E-state index contributed by atoms with van der Waals surface area (Å²) in [6.07, 6.45) is 1.33. The molecule has 0 unspecified atom stereocenters. The number of rotatable bonds is 7. The van der Waals surface area contributed by atoms with E-state index in [-0.39, 0.29) is 18.7 Å². The number of ether oxygens (including phenoxy) is 3. The SMILES string of the molecule is CC(C)CCO[C@@H]1CN(C(=O)c2ccccc2F)CCN(CC2CCOCC2)CCCCOC[C@@H](O)[C@H]1O. The molecule has 8 nitrogen and oxygen atoms in total. The fraction of sp³-hybridized carbons (Fsp3) is 0.759. The molecular formula is C29H47FN2O6. The van der Waals surface area contributed by atoms with Gasteiger partial charge >= 0.3 is 0 Å². The minimum Gasteiger partial charge on any atom is -0.388 e. The normalized spacial score (nSPS) is 25.8. The Bertz CT molecular complexity index is 822. The molecular weight excluding hydrogens is 491 g/mol. The van der Waals surface area contributed by atoms with Gasteiger partial charge in [0.05, 0.1) is 12.2 Å². The second kappa shape index (κ2) is 16.5. The zero-order valence-electron chi connectivity index (χ0n) is 23.1. The second-order valence-electron chi connectivity index (χ2n) is 11.0. The second-order valence-corrected chi connectivity index (χ2v) is 11.0. The van der Waals surface area contributed by atoms with Gasteiger partial charge in [0.25, 0.3) is 5.91 Å². The average molecular weight is 539 g/mol. The zero-order chi connectivity index (χ0) is 27.3. The fourth-order valence-electron chi connectivity index (χ4n) is 4.95. The first kappa shape index (κ1) is 30.9. The van der Waals surface area contributed by atoms with Crippen LogP contribution in [0.1, 0.15) is 56.3 Å². The fourth-order valence-corrected chi connectivity index (χ4v) is 4.95. The van der Waals surface area contributed by atoms with Crippen molar-refractivity contribution in [3.8, 4) is 0 Å². The van der Waals surface area contributed by atoms with Crippen LogP contribution in [0, 0.1) is 17.7 Å². The molecule has 2 saturated heterocycles. The molecule has 0 bridgehead atoms. The van der Waals surface area contributed by atoms with Crippen molar-refractivity contribution in [2.24, 2.45) is 11.8 Å². The maximum Gasteiger partial charge on any atom is 0.256 e. The number of aliphatic hydroxyl groups excluding tert-OH is 2. The highest BCUT2D eigenvalue weighted by molar-refractivity contribution is 5.94. The van der Waals surface area contributed by atoms with Gasteiger partial charge in [0.1, 0.15) is 24.1 Å². The lowest BCUT2D eigenvalue weighted by Crippen LogP contribution is -2.51. The minimum absolute atomic E-state index is 0.0103. The first-order chi connectivity index (χ1) is 18.3. The Kier molecular flexibility index (Phi) is 13.4. The van der Waals surface area contributed by atoms with Gasteiger partial charge in [-0.05, 0) is 62.6 Å². The molecule has 9 heteroatoms. The van der Waals surface area contributed by atoms with E-state index in [1.54, 1.807) is 17.0 Å². The van der Waals surface area contributed by atoms with Crippen molar-refractivity contribution in [3.63, 3.8) is 0 Å². The third-order valence-corrected chi connectivity index (χ3v) is 7.44.